The fourth-order valence-electron chi connectivity index (χ4n) is 1.94. The number of thiazole rings is 1. The number of hydrogen-bond donors (Lipinski definition) is 0. The van der Waals surface area contributed by atoms with E-state index >= 15 is 0 Å². The summed E-state index contributed by atoms with van der Waals surface area (Å²) in [7, 11) is 0. The maximum absolute atomic E-state index is 6.17. The van der Waals surface area contributed by atoms with Crippen molar-refractivity contribution in [2.45, 2.75) is 26.4 Å². The highest BCUT2D eigenvalue weighted by atomic mass is 35.5. The van der Waals surface area contributed by atoms with Crippen molar-refractivity contribution in [3.8, 4) is 0 Å². The molecule has 1 aliphatic rings. The SMILES string of the molecule is Cc1csc(Cc2nc(Cl)c3c(n2)CCOC3)n1. The van der Waals surface area contributed by atoms with E-state index in [1.165, 1.54) is 0 Å². The van der Waals surface area contributed by atoms with Crippen molar-refractivity contribution in [2.24, 2.45) is 0 Å². The van der Waals surface area contributed by atoms with Crippen LogP contribution in [0.15, 0.2) is 5.38 Å². The molecule has 3 rings (SSSR count). The Balaban J connectivity index is 1.91. The number of rotatable bonds is 2. The Morgan fingerprint density at radius 3 is 3.06 bits per heavy atom. The average molecular weight is 282 g/mol. The summed E-state index contributed by atoms with van der Waals surface area (Å²) in [6.45, 7) is 3.21. The van der Waals surface area contributed by atoms with E-state index in [-0.39, 0.29) is 0 Å². The third-order valence-corrected chi connectivity index (χ3v) is 4.07. The van der Waals surface area contributed by atoms with Gasteiger partial charge in [-0.25, -0.2) is 15.0 Å². The molecule has 1 aliphatic heterocycles. The third kappa shape index (κ3) is 2.39. The van der Waals surface area contributed by atoms with Crippen LogP contribution >= 0.6 is 22.9 Å². The van der Waals surface area contributed by atoms with Crippen LogP contribution in [0.1, 0.15) is 27.8 Å². The van der Waals surface area contributed by atoms with Crippen LogP contribution in [-0.2, 0) is 24.2 Å². The highest BCUT2D eigenvalue weighted by molar-refractivity contribution is 7.09. The molecule has 0 saturated carbocycles. The monoisotopic (exact) mass is 281 g/mol. The molecule has 0 amide bonds. The van der Waals surface area contributed by atoms with Gasteiger partial charge >= 0.3 is 0 Å². The maximum atomic E-state index is 6.17. The Labute approximate surface area is 114 Å². The molecule has 0 aliphatic carbocycles. The molecule has 3 heterocycles. The molecule has 0 unspecified atom stereocenters. The van der Waals surface area contributed by atoms with Crippen LogP contribution in [-0.4, -0.2) is 21.6 Å². The third-order valence-electron chi connectivity index (χ3n) is 2.79. The predicted molar refractivity (Wildman–Crippen MR) is 70.1 cm³/mol. The molecule has 0 spiro atoms. The summed E-state index contributed by atoms with van der Waals surface area (Å²) in [5.41, 5.74) is 2.99. The van der Waals surface area contributed by atoms with Gasteiger partial charge in [0.05, 0.1) is 25.3 Å². The van der Waals surface area contributed by atoms with Crippen LogP contribution in [0.5, 0.6) is 0 Å². The lowest BCUT2D eigenvalue weighted by atomic mass is 10.1. The smallest absolute Gasteiger partial charge is 0.138 e. The number of nitrogens with zero attached hydrogens (tertiary/aromatic N) is 3. The van der Waals surface area contributed by atoms with Gasteiger partial charge in [-0.15, -0.1) is 11.3 Å². The normalized spacial score (nSPS) is 14.6. The Morgan fingerprint density at radius 1 is 1.39 bits per heavy atom. The first kappa shape index (κ1) is 12.0. The minimum atomic E-state index is 0.517. The first-order valence-electron chi connectivity index (χ1n) is 5.75. The lowest BCUT2D eigenvalue weighted by molar-refractivity contribution is 0.109. The summed E-state index contributed by atoms with van der Waals surface area (Å²) in [5, 5.41) is 3.57. The van der Waals surface area contributed by atoms with Crippen molar-refractivity contribution < 1.29 is 4.74 Å². The number of fused-ring (bicyclic) bond motifs is 1. The lowest BCUT2D eigenvalue weighted by Gasteiger charge is -2.16. The van der Waals surface area contributed by atoms with Gasteiger partial charge in [0.15, 0.2) is 0 Å². The summed E-state index contributed by atoms with van der Waals surface area (Å²) in [6.07, 6.45) is 1.45. The van der Waals surface area contributed by atoms with Gasteiger partial charge in [-0.05, 0) is 6.92 Å². The Morgan fingerprint density at radius 2 is 2.28 bits per heavy atom. The Hall–Kier alpha value is -1.04. The molecule has 4 nitrogen and oxygen atoms in total. The second kappa shape index (κ2) is 4.91. The highest BCUT2D eigenvalue weighted by Gasteiger charge is 2.17. The van der Waals surface area contributed by atoms with Crippen molar-refractivity contribution >= 4 is 22.9 Å². The van der Waals surface area contributed by atoms with E-state index in [9.17, 15) is 0 Å². The minimum absolute atomic E-state index is 0.517. The van der Waals surface area contributed by atoms with Gasteiger partial charge in [0.25, 0.3) is 0 Å². The van der Waals surface area contributed by atoms with Crippen LogP contribution in [0, 0.1) is 6.92 Å². The van der Waals surface area contributed by atoms with Crippen LogP contribution < -0.4 is 0 Å². The summed E-state index contributed by atoms with van der Waals surface area (Å²) in [4.78, 5) is 13.3. The Kier molecular flexibility index (Phi) is 3.28. The molecule has 6 heteroatoms. The quantitative estimate of drug-likeness (QED) is 0.794. The van der Waals surface area contributed by atoms with Gasteiger partial charge in [0, 0.05) is 23.1 Å². The van der Waals surface area contributed by atoms with Crippen molar-refractivity contribution in [3.05, 3.63) is 38.3 Å². The highest BCUT2D eigenvalue weighted by Crippen LogP contribution is 2.23. The lowest BCUT2D eigenvalue weighted by Crippen LogP contribution is -2.15. The predicted octanol–water partition coefficient (Wildman–Crippen LogP) is 2.56. The van der Waals surface area contributed by atoms with Crippen LogP contribution in [0.2, 0.25) is 5.15 Å². The molecule has 0 saturated heterocycles. The fourth-order valence-corrected chi connectivity index (χ4v) is 2.97. The largest absolute Gasteiger partial charge is 0.376 e. The molecular weight excluding hydrogens is 270 g/mol. The van der Waals surface area contributed by atoms with Gasteiger partial charge in [-0.1, -0.05) is 11.6 Å². The molecule has 0 radical (unpaired) electrons. The van der Waals surface area contributed by atoms with Gasteiger partial charge in [-0.2, -0.15) is 0 Å². The molecule has 0 fully saturated rings. The average Bonchev–Trinajstić information content (AvgIpc) is 2.75. The van der Waals surface area contributed by atoms with Crippen molar-refractivity contribution in [2.75, 3.05) is 6.61 Å². The van der Waals surface area contributed by atoms with Crippen molar-refractivity contribution in [3.63, 3.8) is 0 Å². The summed E-state index contributed by atoms with van der Waals surface area (Å²) in [6, 6.07) is 0. The zero-order chi connectivity index (χ0) is 12.5. The van der Waals surface area contributed by atoms with Crippen LogP contribution in [0.4, 0.5) is 0 Å². The van der Waals surface area contributed by atoms with Crippen LogP contribution in [0.25, 0.3) is 0 Å². The minimum Gasteiger partial charge on any atom is -0.376 e. The van der Waals surface area contributed by atoms with E-state index in [1.54, 1.807) is 11.3 Å². The zero-order valence-electron chi connectivity index (χ0n) is 9.94. The second-order valence-corrected chi connectivity index (χ2v) is 5.52. The molecule has 0 N–H and O–H groups in total. The van der Waals surface area contributed by atoms with Gasteiger partial charge in [0.1, 0.15) is 16.0 Å². The van der Waals surface area contributed by atoms with Gasteiger partial charge in [0.2, 0.25) is 0 Å². The van der Waals surface area contributed by atoms with E-state index in [0.29, 0.717) is 24.8 Å². The summed E-state index contributed by atoms with van der Waals surface area (Å²) in [5.74, 6) is 0.745. The zero-order valence-corrected chi connectivity index (χ0v) is 11.5. The van der Waals surface area contributed by atoms with E-state index < -0.39 is 0 Å². The molecular formula is C12H12ClN3OS. The number of aromatic nitrogens is 3. The number of halogens is 1. The number of aryl methyl sites for hydroxylation is 1. The fraction of sp³-hybridized carbons (Fsp3) is 0.417. The molecule has 94 valence electrons. The number of hydrogen-bond acceptors (Lipinski definition) is 5. The van der Waals surface area contributed by atoms with E-state index in [4.69, 9.17) is 16.3 Å². The summed E-state index contributed by atoms with van der Waals surface area (Å²) >= 11 is 7.80. The van der Waals surface area contributed by atoms with E-state index in [2.05, 4.69) is 15.0 Å². The molecule has 0 atom stereocenters. The standard InChI is InChI=1S/C12H12ClN3OS/c1-7-6-18-11(14-7)4-10-15-9-2-3-17-5-8(9)12(13)16-10/h6H,2-5H2,1H3. The van der Waals surface area contributed by atoms with Gasteiger partial charge in [-0.3, -0.25) is 0 Å². The number of ether oxygens (including phenoxy) is 1. The molecule has 18 heavy (non-hydrogen) atoms. The van der Waals surface area contributed by atoms with E-state index in [1.807, 2.05) is 12.3 Å². The first-order chi connectivity index (χ1) is 8.72. The maximum Gasteiger partial charge on any atom is 0.138 e. The van der Waals surface area contributed by atoms with Gasteiger partial charge < -0.3 is 4.74 Å². The molecule has 0 bridgehead atoms. The second-order valence-electron chi connectivity index (χ2n) is 4.22. The van der Waals surface area contributed by atoms with E-state index in [0.717, 1.165) is 34.2 Å². The summed E-state index contributed by atoms with van der Waals surface area (Å²) < 4.78 is 5.36. The molecule has 2 aromatic heterocycles. The van der Waals surface area contributed by atoms with Crippen molar-refractivity contribution in [1.82, 2.24) is 15.0 Å². The topological polar surface area (TPSA) is 47.9 Å². The Bertz CT molecular complexity index is 585. The van der Waals surface area contributed by atoms with Crippen molar-refractivity contribution in [1.29, 1.82) is 0 Å². The molecule has 2 aromatic rings. The first-order valence-corrected chi connectivity index (χ1v) is 7.01. The molecule has 0 aromatic carbocycles. The van der Waals surface area contributed by atoms with Crippen LogP contribution in [0.3, 0.4) is 0 Å².